The van der Waals surface area contributed by atoms with Crippen LogP contribution in [0.4, 0.5) is 5.82 Å². The van der Waals surface area contributed by atoms with Gasteiger partial charge in [0.15, 0.2) is 11.5 Å². The topological polar surface area (TPSA) is 95.6 Å². The zero-order valence-electron chi connectivity index (χ0n) is 9.00. The van der Waals surface area contributed by atoms with Crippen molar-refractivity contribution in [1.29, 1.82) is 0 Å². The van der Waals surface area contributed by atoms with Crippen LogP contribution in [0, 0.1) is 0 Å². The minimum atomic E-state index is 0. The number of fused-ring (bicyclic) bond motifs is 1. The SMILES string of the molecule is CCC(N)Cn1cnc2c(N)ncnc21.Cl. The number of nitrogen functional groups attached to an aromatic ring is 1. The molecule has 0 aliphatic rings. The molecule has 0 bridgehead atoms. The number of anilines is 1. The van der Waals surface area contributed by atoms with Gasteiger partial charge >= 0.3 is 0 Å². The molecule has 2 aromatic rings. The highest BCUT2D eigenvalue weighted by atomic mass is 35.5. The molecule has 0 aliphatic heterocycles. The van der Waals surface area contributed by atoms with Crippen molar-refractivity contribution in [3.8, 4) is 0 Å². The van der Waals surface area contributed by atoms with Gasteiger partial charge < -0.3 is 16.0 Å². The Kier molecular flexibility index (Phi) is 4.03. The summed E-state index contributed by atoms with van der Waals surface area (Å²) in [5, 5.41) is 0. The third-order valence-corrected chi connectivity index (χ3v) is 2.39. The molecule has 7 heteroatoms. The number of nitrogens with zero attached hydrogens (tertiary/aromatic N) is 4. The maximum atomic E-state index is 5.87. The first-order valence-corrected chi connectivity index (χ1v) is 4.89. The van der Waals surface area contributed by atoms with E-state index in [0.29, 0.717) is 17.9 Å². The number of hydrogen-bond donors (Lipinski definition) is 2. The molecule has 0 fully saturated rings. The molecule has 4 N–H and O–H groups in total. The number of hydrogen-bond acceptors (Lipinski definition) is 5. The summed E-state index contributed by atoms with van der Waals surface area (Å²) < 4.78 is 1.90. The van der Waals surface area contributed by atoms with Gasteiger partial charge in [0.2, 0.25) is 0 Å². The first kappa shape index (κ1) is 12.7. The Morgan fingerprint density at radius 1 is 1.38 bits per heavy atom. The van der Waals surface area contributed by atoms with Gasteiger partial charge in [-0.1, -0.05) is 6.92 Å². The third-order valence-electron chi connectivity index (χ3n) is 2.39. The molecule has 0 saturated carbocycles. The van der Waals surface area contributed by atoms with Crippen molar-refractivity contribution in [2.24, 2.45) is 5.73 Å². The molecule has 6 nitrogen and oxygen atoms in total. The highest BCUT2D eigenvalue weighted by Crippen LogP contribution is 2.14. The molecule has 0 amide bonds. The lowest BCUT2D eigenvalue weighted by Gasteiger charge is -2.09. The first-order chi connectivity index (χ1) is 7.22. The summed E-state index contributed by atoms with van der Waals surface area (Å²) in [6, 6.07) is 0.110. The second-order valence-electron chi connectivity index (χ2n) is 3.50. The maximum Gasteiger partial charge on any atom is 0.165 e. The number of halogens is 1. The van der Waals surface area contributed by atoms with E-state index < -0.39 is 0 Å². The Morgan fingerprint density at radius 3 is 2.81 bits per heavy atom. The predicted molar refractivity (Wildman–Crippen MR) is 65.2 cm³/mol. The quantitative estimate of drug-likeness (QED) is 0.820. The van der Waals surface area contributed by atoms with E-state index in [-0.39, 0.29) is 18.4 Å². The fourth-order valence-corrected chi connectivity index (χ4v) is 1.41. The van der Waals surface area contributed by atoms with E-state index in [1.807, 2.05) is 11.5 Å². The van der Waals surface area contributed by atoms with Crippen LogP contribution < -0.4 is 11.5 Å². The highest BCUT2D eigenvalue weighted by molar-refractivity contribution is 5.85. The van der Waals surface area contributed by atoms with Crippen molar-refractivity contribution >= 4 is 29.4 Å². The van der Waals surface area contributed by atoms with Crippen LogP contribution in [0.1, 0.15) is 13.3 Å². The van der Waals surface area contributed by atoms with Crippen LogP contribution in [-0.4, -0.2) is 25.6 Å². The van der Waals surface area contributed by atoms with Gasteiger partial charge in [-0.25, -0.2) is 15.0 Å². The minimum absolute atomic E-state index is 0. The smallest absolute Gasteiger partial charge is 0.165 e. The average Bonchev–Trinajstić information content (AvgIpc) is 2.63. The number of nitrogens with two attached hydrogens (primary N) is 2. The Labute approximate surface area is 99.5 Å². The lowest BCUT2D eigenvalue weighted by molar-refractivity contribution is 0.545. The molecule has 2 rings (SSSR count). The van der Waals surface area contributed by atoms with Gasteiger partial charge in [0.1, 0.15) is 11.8 Å². The van der Waals surface area contributed by atoms with Gasteiger partial charge in [0, 0.05) is 12.6 Å². The summed E-state index contributed by atoms with van der Waals surface area (Å²) >= 11 is 0. The highest BCUT2D eigenvalue weighted by Gasteiger charge is 2.09. The number of imidazole rings is 1. The number of aromatic nitrogens is 4. The van der Waals surface area contributed by atoms with E-state index in [1.165, 1.54) is 6.33 Å². The molecule has 1 unspecified atom stereocenters. The summed E-state index contributed by atoms with van der Waals surface area (Å²) in [5.41, 5.74) is 12.9. The van der Waals surface area contributed by atoms with Gasteiger partial charge in [-0.2, -0.15) is 0 Å². The number of rotatable bonds is 3. The summed E-state index contributed by atoms with van der Waals surface area (Å²) in [6.45, 7) is 2.75. The molecule has 2 heterocycles. The van der Waals surface area contributed by atoms with E-state index in [4.69, 9.17) is 11.5 Å². The molecular formula is C9H15ClN6. The van der Waals surface area contributed by atoms with Crippen LogP contribution in [-0.2, 0) is 6.54 Å². The van der Waals surface area contributed by atoms with Gasteiger partial charge in [-0.3, -0.25) is 0 Å². The summed E-state index contributed by atoms with van der Waals surface area (Å²) in [4.78, 5) is 12.2. The predicted octanol–water partition coefficient (Wildman–Crippen LogP) is 0.568. The van der Waals surface area contributed by atoms with Gasteiger partial charge in [0.25, 0.3) is 0 Å². The van der Waals surface area contributed by atoms with Crippen molar-refractivity contribution in [3.63, 3.8) is 0 Å². The third kappa shape index (κ3) is 2.23. The van der Waals surface area contributed by atoms with Gasteiger partial charge in [0.05, 0.1) is 6.33 Å². The lowest BCUT2D eigenvalue weighted by atomic mass is 10.2. The Morgan fingerprint density at radius 2 is 2.12 bits per heavy atom. The fourth-order valence-electron chi connectivity index (χ4n) is 1.41. The zero-order valence-corrected chi connectivity index (χ0v) is 9.81. The molecular weight excluding hydrogens is 228 g/mol. The second-order valence-corrected chi connectivity index (χ2v) is 3.50. The van der Waals surface area contributed by atoms with Crippen molar-refractivity contribution < 1.29 is 0 Å². The van der Waals surface area contributed by atoms with Gasteiger partial charge in [-0.05, 0) is 6.42 Å². The van der Waals surface area contributed by atoms with Crippen molar-refractivity contribution in [1.82, 2.24) is 19.5 Å². The molecule has 1 atom stereocenters. The van der Waals surface area contributed by atoms with Crippen molar-refractivity contribution in [3.05, 3.63) is 12.7 Å². The van der Waals surface area contributed by atoms with Crippen molar-refractivity contribution in [2.75, 3.05) is 5.73 Å². The molecule has 0 saturated heterocycles. The summed E-state index contributed by atoms with van der Waals surface area (Å²) in [6.07, 6.45) is 4.05. The van der Waals surface area contributed by atoms with Crippen LogP contribution in [0.15, 0.2) is 12.7 Å². The molecule has 0 aliphatic carbocycles. The summed E-state index contributed by atoms with van der Waals surface area (Å²) in [7, 11) is 0. The van der Waals surface area contributed by atoms with Crippen LogP contribution >= 0.6 is 12.4 Å². The van der Waals surface area contributed by atoms with Crippen molar-refractivity contribution in [2.45, 2.75) is 25.9 Å². The molecule has 16 heavy (non-hydrogen) atoms. The van der Waals surface area contributed by atoms with Crippen LogP contribution in [0.25, 0.3) is 11.2 Å². The Balaban J connectivity index is 0.00000128. The molecule has 2 aromatic heterocycles. The normalized spacial score (nSPS) is 12.4. The van der Waals surface area contributed by atoms with Crippen LogP contribution in [0.2, 0.25) is 0 Å². The lowest BCUT2D eigenvalue weighted by Crippen LogP contribution is -2.24. The Hall–Kier alpha value is -1.40. The first-order valence-electron chi connectivity index (χ1n) is 4.89. The standard InChI is InChI=1S/C9H14N6.ClH/c1-2-6(10)3-15-5-14-7-8(11)12-4-13-9(7)15;/h4-6H,2-3,10H2,1H3,(H2,11,12,13);1H. The largest absolute Gasteiger partial charge is 0.382 e. The average molecular weight is 243 g/mol. The van der Waals surface area contributed by atoms with E-state index in [2.05, 4.69) is 15.0 Å². The molecule has 0 aromatic carbocycles. The van der Waals surface area contributed by atoms with Crippen LogP contribution in [0.3, 0.4) is 0 Å². The second kappa shape index (κ2) is 5.09. The maximum absolute atomic E-state index is 5.87. The van der Waals surface area contributed by atoms with E-state index in [0.717, 1.165) is 12.1 Å². The molecule has 0 spiro atoms. The Bertz CT molecular complexity index is 468. The van der Waals surface area contributed by atoms with E-state index >= 15 is 0 Å². The van der Waals surface area contributed by atoms with E-state index in [1.54, 1.807) is 6.33 Å². The monoisotopic (exact) mass is 242 g/mol. The van der Waals surface area contributed by atoms with E-state index in [9.17, 15) is 0 Å². The molecule has 0 radical (unpaired) electrons. The molecule has 88 valence electrons. The fraction of sp³-hybridized carbons (Fsp3) is 0.444. The summed E-state index contributed by atoms with van der Waals surface area (Å²) in [5.74, 6) is 0.406. The minimum Gasteiger partial charge on any atom is -0.382 e. The van der Waals surface area contributed by atoms with Crippen LogP contribution in [0.5, 0.6) is 0 Å². The zero-order chi connectivity index (χ0) is 10.8. The van der Waals surface area contributed by atoms with Gasteiger partial charge in [-0.15, -0.1) is 12.4 Å².